The molecule has 1 saturated heterocycles. The van der Waals surface area contributed by atoms with Gasteiger partial charge in [0.25, 0.3) is 0 Å². The monoisotopic (exact) mass is 532 g/mol. The molecule has 2 aromatic carbocycles. The number of piperidine rings is 1. The summed E-state index contributed by atoms with van der Waals surface area (Å²) in [5.74, 6) is -0.764. The number of anilines is 1. The molecule has 194 valence electrons. The molecular weight excluding hydrogens is 499 g/mol. The van der Waals surface area contributed by atoms with Crippen LogP contribution in [0.1, 0.15) is 32.3 Å². The first-order chi connectivity index (χ1) is 17.2. The van der Waals surface area contributed by atoms with Crippen molar-refractivity contribution in [2.45, 2.75) is 38.5 Å². The molecule has 0 N–H and O–H groups in total. The van der Waals surface area contributed by atoms with Crippen LogP contribution in [-0.2, 0) is 14.8 Å². The lowest BCUT2D eigenvalue weighted by Crippen LogP contribution is -2.46. The zero-order valence-corrected chi connectivity index (χ0v) is 22.6. The van der Waals surface area contributed by atoms with Crippen molar-refractivity contribution < 1.29 is 17.6 Å². The first-order valence-corrected chi connectivity index (χ1v) is 14.6. The van der Waals surface area contributed by atoms with Crippen LogP contribution in [-0.4, -0.2) is 67.8 Å². The number of nitrogens with zero attached hydrogens (tertiary/aromatic N) is 4. The smallest absolute Gasteiger partial charge is 0.243 e. The SMILES string of the molecule is CCN(CC)CCN(C(=O)C1CCN(S(=O)(=O)c2ccc(F)cc2)CC1)c1nc2ccc(C)cc2s1. The van der Waals surface area contributed by atoms with E-state index in [0.29, 0.717) is 24.5 Å². The normalized spacial score (nSPS) is 15.6. The van der Waals surface area contributed by atoms with Gasteiger partial charge in [-0.3, -0.25) is 9.69 Å². The number of fused-ring (bicyclic) bond motifs is 1. The Morgan fingerprint density at radius 1 is 1.08 bits per heavy atom. The number of aryl methyl sites for hydroxylation is 1. The Bertz CT molecular complexity index is 1300. The number of carbonyl (C=O) groups is 1. The molecule has 0 unspecified atom stereocenters. The lowest BCUT2D eigenvalue weighted by molar-refractivity contribution is -0.123. The number of sulfonamides is 1. The number of likely N-dealkylation sites (N-methyl/N-ethyl adjacent to an activating group) is 1. The van der Waals surface area contributed by atoms with Crippen LogP contribution in [0.25, 0.3) is 10.2 Å². The Morgan fingerprint density at radius 2 is 1.75 bits per heavy atom. The van der Waals surface area contributed by atoms with E-state index in [9.17, 15) is 17.6 Å². The predicted molar refractivity (Wildman–Crippen MR) is 142 cm³/mol. The maximum atomic E-state index is 13.8. The molecule has 4 rings (SSSR count). The Morgan fingerprint density at radius 3 is 2.39 bits per heavy atom. The zero-order valence-electron chi connectivity index (χ0n) is 21.0. The first-order valence-electron chi connectivity index (χ1n) is 12.4. The van der Waals surface area contributed by atoms with Crippen molar-refractivity contribution in [1.29, 1.82) is 0 Å². The van der Waals surface area contributed by atoms with Crippen molar-refractivity contribution in [1.82, 2.24) is 14.2 Å². The van der Waals surface area contributed by atoms with E-state index < -0.39 is 15.8 Å². The summed E-state index contributed by atoms with van der Waals surface area (Å²) in [7, 11) is -3.73. The number of rotatable bonds is 9. The van der Waals surface area contributed by atoms with Gasteiger partial charge in [-0.15, -0.1) is 0 Å². The molecule has 0 bridgehead atoms. The fraction of sp³-hybridized carbons (Fsp3) is 0.462. The number of amides is 1. The maximum absolute atomic E-state index is 13.8. The topological polar surface area (TPSA) is 73.8 Å². The molecule has 3 aromatic rings. The van der Waals surface area contributed by atoms with Gasteiger partial charge in [0.15, 0.2) is 5.13 Å². The number of halogens is 1. The highest BCUT2D eigenvalue weighted by Gasteiger charge is 2.35. The number of carbonyl (C=O) groups excluding carboxylic acids is 1. The van der Waals surface area contributed by atoms with Gasteiger partial charge in [0, 0.05) is 32.1 Å². The van der Waals surface area contributed by atoms with E-state index in [1.165, 1.54) is 27.8 Å². The van der Waals surface area contributed by atoms with Crippen molar-refractivity contribution in [3.05, 3.63) is 53.8 Å². The molecule has 0 radical (unpaired) electrons. The second kappa shape index (κ2) is 11.3. The highest BCUT2D eigenvalue weighted by molar-refractivity contribution is 7.89. The molecule has 2 heterocycles. The highest BCUT2D eigenvalue weighted by atomic mass is 32.2. The number of benzene rings is 2. The maximum Gasteiger partial charge on any atom is 0.243 e. The second-order valence-electron chi connectivity index (χ2n) is 9.12. The van der Waals surface area contributed by atoms with Crippen LogP contribution in [0, 0.1) is 18.7 Å². The average molecular weight is 533 g/mol. The molecule has 10 heteroatoms. The Balaban J connectivity index is 1.51. The van der Waals surface area contributed by atoms with Crippen molar-refractivity contribution >= 4 is 42.6 Å². The third-order valence-corrected chi connectivity index (χ3v) is 9.77. The molecule has 0 atom stereocenters. The summed E-state index contributed by atoms with van der Waals surface area (Å²) in [6, 6.07) is 11.0. The summed E-state index contributed by atoms with van der Waals surface area (Å²) in [6.07, 6.45) is 0.871. The summed E-state index contributed by atoms with van der Waals surface area (Å²) in [6.45, 7) is 9.82. The van der Waals surface area contributed by atoms with E-state index in [0.717, 1.165) is 47.5 Å². The van der Waals surface area contributed by atoms with E-state index in [2.05, 4.69) is 24.8 Å². The molecule has 1 fully saturated rings. The van der Waals surface area contributed by atoms with Crippen molar-refractivity contribution in [2.75, 3.05) is 44.2 Å². The Labute approximate surface area is 216 Å². The fourth-order valence-corrected chi connectivity index (χ4v) is 7.10. The summed E-state index contributed by atoms with van der Waals surface area (Å²) in [5.41, 5.74) is 2.02. The Kier molecular flexibility index (Phi) is 8.39. The Hall–Kier alpha value is -2.40. The summed E-state index contributed by atoms with van der Waals surface area (Å²) in [4.78, 5) is 22.7. The van der Waals surface area contributed by atoms with Gasteiger partial charge in [0.05, 0.1) is 15.1 Å². The summed E-state index contributed by atoms with van der Waals surface area (Å²) in [5, 5.41) is 0.689. The number of thiazole rings is 1. The zero-order chi connectivity index (χ0) is 25.9. The lowest BCUT2D eigenvalue weighted by Gasteiger charge is -2.33. The summed E-state index contributed by atoms with van der Waals surface area (Å²) < 4.78 is 41.7. The van der Waals surface area contributed by atoms with Gasteiger partial charge in [-0.05, 0) is 74.8 Å². The van der Waals surface area contributed by atoms with Gasteiger partial charge in [0.2, 0.25) is 15.9 Å². The molecule has 0 spiro atoms. The van der Waals surface area contributed by atoms with E-state index in [1.807, 2.05) is 19.1 Å². The molecule has 7 nitrogen and oxygen atoms in total. The van der Waals surface area contributed by atoms with E-state index in [-0.39, 0.29) is 29.8 Å². The number of hydrogen-bond donors (Lipinski definition) is 0. The number of aromatic nitrogens is 1. The number of hydrogen-bond acceptors (Lipinski definition) is 6. The first kappa shape index (κ1) is 26.7. The van der Waals surface area contributed by atoms with E-state index in [1.54, 1.807) is 4.90 Å². The van der Waals surface area contributed by atoms with E-state index >= 15 is 0 Å². The minimum atomic E-state index is -3.73. The van der Waals surface area contributed by atoms with Crippen molar-refractivity contribution in [3.63, 3.8) is 0 Å². The molecular formula is C26H33FN4O3S2. The molecule has 0 saturated carbocycles. The van der Waals surface area contributed by atoms with Crippen LogP contribution in [0.3, 0.4) is 0 Å². The predicted octanol–water partition coefficient (Wildman–Crippen LogP) is 4.52. The average Bonchev–Trinajstić information content (AvgIpc) is 3.29. The van der Waals surface area contributed by atoms with Gasteiger partial charge in [-0.2, -0.15) is 4.31 Å². The quantitative estimate of drug-likeness (QED) is 0.405. The summed E-state index contributed by atoms with van der Waals surface area (Å²) >= 11 is 1.52. The van der Waals surface area contributed by atoms with Gasteiger partial charge in [0.1, 0.15) is 5.82 Å². The molecule has 1 aliphatic heterocycles. The largest absolute Gasteiger partial charge is 0.302 e. The van der Waals surface area contributed by atoms with Crippen LogP contribution < -0.4 is 4.90 Å². The van der Waals surface area contributed by atoms with Crippen LogP contribution in [0.5, 0.6) is 0 Å². The minimum Gasteiger partial charge on any atom is -0.302 e. The van der Waals surface area contributed by atoms with Crippen molar-refractivity contribution in [3.8, 4) is 0 Å². The van der Waals surface area contributed by atoms with Gasteiger partial charge in [-0.1, -0.05) is 31.3 Å². The lowest BCUT2D eigenvalue weighted by atomic mass is 9.96. The third kappa shape index (κ3) is 5.77. The fourth-order valence-electron chi connectivity index (χ4n) is 4.54. The standard InChI is InChI=1S/C26H33FN4O3S2/c1-4-29(5-2)16-17-31(26-28-23-11-6-19(3)18-24(23)35-26)25(32)20-12-14-30(15-13-20)36(33,34)22-9-7-21(27)8-10-22/h6-11,18,20H,4-5,12-17H2,1-3H3. The molecule has 0 aliphatic carbocycles. The van der Waals surface area contributed by atoms with Crippen LogP contribution >= 0.6 is 11.3 Å². The molecule has 1 aromatic heterocycles. The minimum absolute atomic E-state index is 0.00300. The molecule has 1 aliphatic rings. The van der Waals surface area contributed by atoms with Gasteiger partial charge in [-0.25, -0.2) is 17.8 Å². The van der Waals surface area contributed by atoms with Crippen LogP contribution in [0.4, 0.5) is 9.52 Å². The van der Waals surface area contributed by atoms with Crippen molar-refractivity contribution in [2.24, 2.45) is 5.92 Å². The molecule has 36 heavy (non-hydrogen) atoms. The second-order valence-corrected chi connectivity index (χ2v) is 12.1. The third-order valence-electron chi connectivity index (χ3n) is 6.82. The highest BCUT2D eigenvalue weighted by Crippen LogP contribution is 2.32. The van der Waals surface area contributed by atoms with E-state index in [4.69, 9.17) is 4.98 Å². The molecule has 1 amide bonds. The van der Waals surface area contributed by atoms with Crippen LogP contribution in [0.2, 0.25) is 0 Å². The van der Waals surface area contributed by atoms with Gasteiger partial charge < -0.3 is 4.90 Å². The van der Waals surface area contributed by atoms with Gasteiger partial charge >= 0.3 is 0 Å². The van der Waals surface area contributed by atoms with Crippen LogP contribution in [0.15, 0.2) is 47.4 Å².